The molecule has 2 heterocycles. The summed E-state index contributed by atoms with van der Waals surface area (Å²) in [6, 6.07) is 19.8. The molecule has 130 valence electrons. The van der Waals surface area contributed by atoms with Crippen molar-refractivity contribution >= 4 is 12.4 Å². The van der Waals surface area contributed by atoms with Crippen molar-refractivity contribution in [3.05, 3.63) is 95.6 Å². The Labute approximate surface area is 151 Å². The molecule has 0 bridgehead atoms. The first-order valence-corrected chi connectivity index (χ1v) is 8.20. The third kappa shape index (κ3) is 4.30. The monoisotopic (exact) mass is 348 g/mol. The second kappa shape index (κ2) is 8.53. The molecule has 0 aliphatic heterocycles. The molecule has 0 radical (unpaired) electrons. The molecule has 26 heavy (non-hydrogen) atoms. The highest BCUT2D eigenvalue weighted by Gasteiger charge is 2.12. The van der Waals surface area contributed by atoms with Gasteiger partial charge in [-0.25, -0.2) is 0 Å². The van der Waals surface area contributed by atoms with Crippen molar-refractivity contribution in [2.45, 2.75) is 13.1 Å². The van der Waals surface area contributed by atoms with E-state index in [1.807, 2.05) is 64.0 Å². The normalized spacial score (nSPS) is 11.4. The summed E-state index contributed by atoms with van der Waals surface area (Å²) in [7, 11) is 0. The SMILES string of the molecule is O/N=C\c1cccc[n+]1Cc1cccc(C[n+]2ccccc2/C=N/O)c1. The van der Waals surface area contributed by atoms with Crippen LogP contribution in [0.2, 0.25) is 0 Å². The fourth-order valence-electron chi connectivity index (χ4n) is 2.84. The fraction of sp³-hybridized carbons (Fsp3) is 0.100. The standard InChI is InChI=1S/C20H18N4O2/c25-21-13-19-8-1-3-10-23(19)15-17-6-5-7-18(12-17)16-24-11-4-2-9-20(24)14-22-26/h1-14H,15-16H2/p+2. The fourth-order valence-corrected chi connectivity index (χ4v) is 2.84. The van der Waals surface area contributed by atoms with Crippen LogP contribution in [-0.2, 0) is 13.1 Å². The molecule has 6 heteroatoms. The lowest BCUT2D eigenvalue weighted by molar-refractivity contribution is -0.690. The lowest BCUT2D eigenvalue weighted by atomic mass is 10.1. The summed E-state index contributed by atoms with van der Waals surface area (Å²) >= 11 is 0. The van der Waals surface area contributed by atoms with E-state index in [1.165, 1.54) is 12.4 Å². The van der Waals surface area contributed by atoms with Crippen molar-refractivity contribution in [3.63, 3.8) is 0 Å². The summed E-state index contributed by atoms with van der Waals surface area (Å²) < 4.78 is 4.02. The van der Waals surface area contributed by atoms with Crippen LogP contribution in [0.5, 0.6) is 0 Å². The maximum atomic E-state index is 8.81. The van der Waals surface area contributed by atoms with E-state index in [0.717, 1.165) is 22.5 Å². The molecule has 0 fully saturated rings. The Bertz CT molecular complexity index is 866. The highest BCUT2D eigenvalue weighted by molar-refractivity contribution is 5.74. The Hall–Kier alpha value is -3.54. The third-order valence-corrected chi connectivity index (χ3v) is 4.03. The molecule has 0 atom stereocenters. The second-order valence-corrected chi connectivity index (χ2v) is 5.82. The number of oxime groups is 2. The molecule has 0 saturated heterocycles. The molecule has 0 spiro atoms. The highest BCUT2D eigenvalue weighted by Crippen LogP contribution is 2.06. The minimum atomic E-state index is 0.667. The lowest BCUT2D eigenvalue weighted by Crippen LogP contribution is -2.39. The zero-order valence-corrected chi connectivity index (χ0v) is 14.2. The molecular formula is C20H20N4O2+2. The molecule has 0 unspecified atom stereocenters. The van der Waals surface area contributed by atoms with Gasteiger partial charge in [-0.1, -0.05) is 28.5 Å². The minimum Gasteiger partial charge on any atom is -0.411 e. The van der Waals surface area contributed by atoms with Gasteiger partial charge in [0.1, 0.15) is 12.4 Å². The van der Waals surface area contributed by atoms with Gasteiger partial charge in [-0.05, 0) is 18.2 Å². The van der Waals surface area contributed by atoms with Gasteiger partial charge < -0.3 is 10.4 Å². The average Bonchev–Trinajstić information content (AvgIpc) is 2.66. The van der Waals surface area contributed by atoms with Crippen molar-refractivity contribution in [2.75, 3.05) is 0 Å². The molecule has 2 aromatic heterocycles. The molecule has 1 aromatic carbocycles. The van der Waals surface area contributed by atoms with E-state index in [0.29, 0.717) is 13.1 Å². The van der Waals surface area contributed by atoms with Crippen LogP contribution in [0, 0.1) is 0 Å². The predicted molar refractivity (Wildman–Crippen MR) is 96.7 cm³/mol. The number of aromatic nitrogens is 2. The Morgan fingerprint density at radius 1 is 0.692 bits per heavy atom. The first-order valence-electron chi connectivity index (χ1n) is 8.20. The molecule has 2 N–H and O–H groups in total. The number of rotatable bonds is 6. The number of nitrogens with zero attached hydrogens (tertiary/aromatic N) is 4. The zero-order valence-electron chi connectivity index (χ0n) is 14.2. The van der Waals surface area contributed by atoms with Gasteiger partial charge in [-0.2, -0.15) is 9.13 Å². The molecule has 0 saturated carbocycles. The van der Waals surface area contributed by atoms with Gasteiger partial charge >= 0.3 is 0 Å². The Morgan fingerprint density at radius 2 is 1.19 bits per heavy atom. The largest absolute Gasteiger partial charge is 0.411 e. The van der Waals surface area contributed by atoms with E-state index in [1.54, 1.807) is 0 Å². The first-order chi connectivity index (χ1) is 12.8. The number of hydrogen-bond donors (Lipinski definition) is 2. The summed E-state index contributed by atoms with van der Waals surface area (Å²) in [6.07, 6.45) is 6.74. The van der Waals surface area contributed by atoms with Crippen LogP contribution in [0.25, 0.3) is 0 Å². The lowest BCUT2D eigenvalue weighted by Gasteiger charge is -2.04. The third-order valence-electron chi connectivity index (χ3n) is 4.03. The van der Waals surface area contributed by atoms with Crippen LogP contribution >= 0.6 is 0 Å². The quantitative estimate of drug-likeness (QED) is 0.309. The molecule has 6 nitrogen and oxygen atoms in total. The van der Waals surface area contributed by atoms with Crippen LogP contribution in [0.4, 0.5) is 0 Å². The van der Waals surface area contributed by atoms with Crippen molar-refractivity contribution in [2.24, 2.45) is 10.3 Å². The average molecular weight is 348 g/mol. The van der Waals surface area contributed by atoms with Crippen LogP contribution < -0.4 is 9.13 Å². The topological polar surface area (TPSA) is 72.9 Å². The Balaban J connectivity index is 1.84. The summed E-state index contributed by atoms with van der Waals surface area (Å²) in [5, 5.41) is 23.9. The van der Waals surface area contributed by atoms with Crippen LogP contribution in [0.15, 0.2) is 83.4 Å². The molecule has 0 amide bonds. The molecule has 0 aliphatic rings. The molecule has 0 aliphatic carbocycles. The van der Waals surface area contributed by atoms with E-state index in [4.69, 9.17) is 10.4 Å². The van der Waals surface area contributed by atoms with Gasteiger partial charge in [0.05, 0.1) is 0 Å². The summed E-state index contributed by atoms with van der Waals surface area (Å²) in [4.78, 5) is 0. The minimum absolute atomic E-state index is 0.667. The summed E-state index contributed by atoms with van der Waals surface area (Å²) in [5.74, 6) is 0. The van der Waals surface area contributed by atoms with Crippen LogP contribution in [0.1, 0.15) is 22.5 Å². The number of hydrogen-bond acceptors (Lipinski definition) is 4. The van der Waals surface area contributed by atoms with Crippen molar-refractivity contribution in [3.8, 4) is 0 Å². The predicted octanol–water partition coefficient (Wildman–Crippen LogP) is 1.97. The maximum absolute atomic E-state index is 8.81. The van der Waals surface area contributed by atoms with Crippen molar-refractivity contribution < 1.29 is 19.5 Å². The van der Waals surface area contributed by atoms with Crippen molar-refractivity contribution in [1.29, 1.82) is 0 Å². The van der Waals surface area contributed by atoms with Gasteiger partial charge in [0.15, 0.2) is 25.5 Å². The number of benzene rings is 1. The summed E-state index contributed by atoms with van der Waals surface area (Å²) in [5.41, 5.74) is 3.92. The number of pyridine rings is 2. The van der Waals surface area contributed by atoms with Gasteiger partial charge in [0.25, 0.3) is 0 Å². The van der Waals surface area contributed by atoms with E-state index >= 15 is 0 Å². The van der Waals surface area contributed by atoms with E-state index in [2.05, 4.69) is 28.5 Å². The van der Waals surface area contributed by atoms with Crippen molar-refractivity contribution in [1.82, 2.24) is 0 Å². The zero-order chi connectivity index (χ0) is 18.2. The van der Waals surface area contributed by atoms with Gasteiger partial charge in [0.2, 0.25) is 11.4 Å². The maximum Gasteiger partial charge on any atom is 0.227 e. The molecular weight excluding hydrogens is 328 g/mol. The second-order valence-electron chi connectivity index (χ2n) is 5.82. The van der Waals surface area contributed by atoms with E-state index in [9.17, 15) is 0 Å². The summed E-state index contributed by atoms with van der Waals surface area (Å²) in [6.45, 7) is 1.33. The Morgan fingerprint density at radius 3 is 1.65 bits per heavy atom. The van der Waals surface area contributed by atoms with Crippen LogP contribution in [-0.4, -0.2) is 22.8 Å². The highest BCUT2D eigenvalue weighted by atomic mass is 16.4. The first kappa shape index (κ1) is 17.3. The van der Waals surface area contributed by atoms with Crippen LogP contribution in [0.3, 0.4) is 0 Å². The smallest absolute Gasteiger partial charge is 0.227 e. The van der Waals surface area contributed by atoms with Gasteiger partial charge in [-0.3, -0.25) is 0 Å². The molecule has 3 aromatic rings. The Kier molecular flexibility index (Phi) is 5.67. The van der Waals surface area contributed by atoms with Gasteiger partial charge in [0, 0.05) is 35.4 Å². The molecule has 3 rings (SSSR count). The van der Waals surface area contributed by atoms with E-state index in [-0.39, 0.29) is 0 Å². The van der Waals surface area contributed by atoms with E-state index < -0.39 is 0 Å². The van der Waals surface area contributed by atoms with Gasteiger partial charge in [-0.15, -0.1) is 0 Å².